The molecule has 0 aliphatic heterocycles. The quantitative estimate of drug-likeness (QED) is 0.779. The van der Waals surface area contributed by atoms with E-state index in [1.54, 1.807) is 0 Å². The maximum atomic E-state index is 12.8. The Bertz CT molecular complexity index is 417. The molecule has 0 unspecified atom stereocenters. The Kier molecular flexibility index (Phi) is 3.38. The number of hydrogen-bond donors (Lipinski definition) is 2. The van der Waals surface area contributed by atoms with Crippen LogP contribution in [0.4, 0.5) is 4.39 Å². The molecule has 0 aromatic carbocycles. The molecule has 1 fully saturated rings. The Hall–Kier alpha value is -1.49. The highest BCUT2D eigenvalue weighted by molar-refractivity contribution is 5.92. The summed E-state index contributed by atoms with van der Waals surface area (Å²) in [6.45, 7) is 0.198. The number of nitrogens with one attached hydrogen (secondary N) is 1. The number of pyridine rings is 1. The van der Waals surface area contributed by atoms with Gasteiger partial charge in [-0.25, -0.2) is 4.98 Å². The van der Waals surface area contributed by atoms with Crippen molar-refractivity contribution < 1.29 is 14.3 Å². The van der Waals surface area contributed by atoms with Crippen LogP contribution in [0.15, 0.2) is 18.2 Å². The molecule has 1 aromatic rings. The Morgan fingerprint density at radius 3 is 2.82 bits per heavy atom. The van der Waals surface area contributed by atoms with Crippen LogP contribution in [-0.4, -0.2) is 28.1 Å². The minimum Gasteiger partial charge on any atom is -0.388 e. The van der Waals surface area contributed by atoms with Gasteiger partial charge >= 0.3 is 0 Å². The van der Waals surface area contributed by atoms with Crippen molar-refractivity contribution in [3.8, 4) is 0 Å². The van der Waals surface area contributed by atoms with Gasteiger partial charge in [-0.3, -0.25) is 4.79 Å². The number of rotatable bonds is 3. The van der Waals surface area contributed by atoms with E-state index in [-0.39, 0.29) is 12.2 Å². The van der Waals surface area contributed by atoms with E-state index in [1.165, 1.54) is 18.2 Å². The molecule has 1 amide bonds. The second kappa shape index (κ2) is 4.79. The first-order chi connectivity index (χ1) is 8.09. The molecule has 0 bridgehead atoms. The van der Waals surface area contributed by atoms with Crippen LogP contribution in [-0.2, 0) is 0 Å². The molecule has 1 aromatic heterocycles. The van der Waals surface area contributed by atoms with Gasteiger partial charge in [0.1, 0.15) is 5.69 Å². The minimum absolute atomic E-state index is 0.0339. The molecule has 17 heavy (non-hydrogen) atoms. The fourth-order valence-electron chi connectivity index (χ4n) is 2.08. The third-order valence-electron chi connectivity index (χ3n) is 3.06. The van der Waals surface area contributed by atoms with Gasteiger partial charge in [0, 0.05) is 6.54 Å². The molecular weight excluding hydrogens is 223 g/mol. The number of aromatic nitrogens is 1. The molecule has 0 saturated heterocycles. The molecular formula is C12H15FN2O2. The van der Waals surface area contributed by atoms with Crippen molar-refractivity contribution >= 4 is 5.91 Å². The zero-order chi connectivity index (χ0) is 12.3. The first-order valence-corrected chi connectivity index (χ1v) is 5.72. The summed E-state index contributed by atoms with van der Waals surface area (Å²) in [6.07, 6.45) is 3.35. The number of halogens is 1. The molecule has 0 atom stereocenters. The predicted octanol–water partition coefficient (Wildman–Crippen LogP) is 1.26. The highest BCUT2D eigenvalue weighted by Crippen LogP contribution is 2.28. The number of nitrogens with zero attached hydrogens (tertiary/aromatic N) is 1. The van der Waals surface area contributed by atoms with Crippen LogP contribution in [0.3, 0.4) is 0 Å². The van der Waals surface area contributed by atoms with E-state index >= 15 is 0 Å². The molecule has 0 radical (unpaired) electrons. The van der Waals surface area contributed by atoms with Crippen molar-refractivity contribution in [3.63, 3.8) is 0 Å². The number of aliphatic hydroxyl groups is 1. The Balaban J connectivity index is 1.93. The number of amides is 1. The van der Waals surface area contributed by atoms with Gasteiger partial charge in [0.25, 0.3) is 5.91 Å². The molecule has 4 nitrogen and oxygen atoms in total. The van der Waals surface area contributed by atoms with Crippen molar-refractivity contribution in [2.45, 2.75) is 31.3 Å². The Morgan fingerprint density at radius 2 is 2.18 bits per heavy atom. The summed E-state index contributed by atoms with van der Waals surface area (Å²) in [6, 6.07) is 4.06. The van der Waals surface area contributed by atoms with Crippen molar-refractivity contribution in [3.05, 3.63) is 29.8 Å². The average molecular weight is 238 g/mol. The lowest BCUT2D eigenvalue weighted by atomic mass is 10.0. The molecule has 1 aliphatic rings. The molecule has 5 heteroatoms. The predicted molar refractivity (Wildman–Crippen MR) is 59.9 cm³/mol. The number of hydrogen-bond acceptors (Lipinski definition) is 3. The van der Waals surface area contributed by atoms with Gasteiger partial charge in [-0.15, -0.1) is 0 Å². The van der Waals surface area contributed by atoms with E-state index < -0.39 is 17.5 Å². The van der Waals surface area contributed by atoms with E-state index in [9.17, 15) is 14.3 Å². The highest BCUT2D eigenvalue weighted by atomic mass is 19.1. The van der Waals surface area contributed by atoms with Crippen LogP contribution in [0.5, 0.6) is 0 Å². The van der Waals surface area contributed by atoms with E-state index in [0.717, 1.165) is 12.8 Å². The monoisotopic (exact) mass is 238 g/mol. The fourth-order valence-corrected chi connectivity index (χ4v) is 2.08. The third-order valence-corrected chi connectivity index (χ3v) is 3.06. The van der Waals surface area contributed by atoms with Crippen LogP contribution in [0.2, 0.25) is 0 Å². The second-order valence-corrected chi connectivity index (χ2v) is 4.46. The lowest BCUT2D eigenvalue weighted by Gasteiger charge is -2.22. The van der Waals surface area contributed by atoms with Crippen molar-refractivity contribution in [2.75, 3.05) is 6.54 Å². The SMILES string of the molecule is O=C(NCC1(O)CCCC1)c1cccc(F)n1. The molecule has 0 spiro atoms. The van der Waals surface area contributed by atoms with Gasteiger partial charge in [0.05, 0.1) is 5.60 Å². The molecule has 1 saturated carbocycles. The highest BCUT2D eigenvalue weighted by Gasteiger charge is 2.31. The standard InChI is InChI=1S/C12H15FN2O2/c13-10-5-3-4-9(15-10)11(16)14-8-12(17)6-1-2-7-12/h3-5,17H,1-2,6-8H2,(H,14,16). The van der Waals surface area contributed by atoms with Crippen molar-refractivity contribution in [2.24, 2.45) is 0 Å². The van der Waals surface area contributed by atoms with Crippen LogP contribution in [0.1, 0.15) is 36.2 Å². The molecule has 92 valence electrons. The van der Waals surface area contributed by atoms with E-state index in [0.29, 0.717) is 12.8 Å². The summed E-state index contributed by atoms with van der Waals surface area (Å²) < 4.78 is 12.8. The van der Waals surface area contributed by atoms with Crippen molar-refractivity contribution in [1.29, 1.82) is 0 Å². The fraction of sp³-hybridized carbons (Fsp3) is 0.500. The number of carbonyl (C=O) groups excluding carboxylic acids is 1. The van der Waals surface area contributed by atoms with Crippen LogP contribution >= 0.6 is 0 Å². The zero-order valence-corrected chi connectivity index (χ0v) is 9.45. The van der Waals surface area contributed by atoms with Gasteiger partial charge in [0.15, 0.2) is 0 Å². The summed E-state index contributed by atoms with van der Waals surface area (Å²) in [5, 5.41) is 12.6. The molecule has 2 N–H and O–H groups in total. The first kappa shape index (κ1) is 12.0. The largest absolute Gasteiger partial charge is 0.388 e. The maximum Gasteiger partial charge on any atom is 0.270 e. The topological polar surface area (TPSA) is 62.2 Å². The minimum atomic E-state index is -0.803. The lowest BCUT2D eigenvalue weighted by molar-refractivity contribution is 0.0448. The summed E-state index contributed by atoms with van der Waals surface area (Å²) in [4.78, 5) is 15.1. The van der Waals surface area contributed by atoms with Gasteiger partial charge in [0.2, 0.25) is 5.95 Å². The third kappa shape index (κ3) is 3.00. The average Bonchev–Trinajstić information content (AvgIpc) is 2.74. The smallest absolute Gasteiger partial charge is 0.270 e. The Morgan fingerprint density at radius 1 is 1.47 bits per heavy atom. The summed E-state index contributed by atoms with van der Waals surface area (Å²) in [5.41, 5.74) is -0.769. The van der Waals surface area contributed by atoms with E-state index in [1.807, 2.05) is 0 Å². The van der Waals surface area contributed by atoms with E-state index in [2.05, 4.69) is 10.3 Å². The van der Waals surface area contributed by atoms with Gasteiger partial charge in [-0.05, 0) is 25.0 Å². The first-order valence-electron chi connectivity index (χ1n) is 5.72. The Labute approximate surface area is 98.9 Å². The van der Waals surface area contributed by atoms with Crippen LogP contribution in [0.25, 0.3) is 0 Å². The summed E-state index contributed by atoms with van der Waals surface area (Å²) in [7, 11) is 0. The molecule has 2 rings (SSSR count). The van der Waals surface area contributed by atoms with Crippen LogP contribution in [0, 0.1) is 5.95 Å². The van der Waals surface area contributed by atoms with Crippen molar-refractivity contribution in [1.82, 2.24) is 10.3 Å². The summed E-state index contributed by atoms with van der Waals surface area (Å²) in [5.74, 6) is -1.14. The summed E-state index contributed by atoms with van der Waals surface area (Å²) >= 11 is 0. The van der Waals surface area contributed by atoms with E-state index in [4.69, 9.17) is 0 Å². The lowest BCUT2D eigenvalue weighted by Crippen LogP contribution is -2.41. The van der Waals surface area contributed by atoms with Gasteiger partial charge < -0.3 is 10.4 Å². The molecule has 1 aliphatic carbocycles. The molecule has 1 heterocycles. The van der Waals surface area contributed by atoms with Crippen LogP contribution < -0.4 is 5.32 Å². The number of carbonyl (C=O) groups is 1. The van der Waals surface area contributed by atoms with Gasteiger partial charge in [-0.2, -0.15) is 4.39 Å². The maximum absolute atomic E-state index is 12.8. The van der Waals surface area contributed by atoms with Gasteiger partial charge in [-0.1, -0.05) is 18.9 Å². The normalized spacial score (nSPS) is 18.0. The second-order valence-electron chi connectivity index (χ2n) is 4.46. The zero-order valence-electron chi connectivity index (χ0n) is 9.45.